The Labute approximate surface area is 124 Å². The van der Waals surface area contributed by atoms with Crippen molar-refractivity contribution >= 4 is 17.8 Å². The highest BCUT2D eigenvalue weighted by Crippen LogP contribution is 2.13. The minimum atomic E-state index is -1.06. The van der Waals surface area contributed by atoms with Crippen molar-refractivity contribution in [3.05, 3.63) is 0 Å². The van der Waals surface area contributed by atoms with Crippen molar-refractivity contribution in [2.24, 2.45) is 11.8 Å². The fraction of sp³-hybridized carbons (Fsp3) is 0.786. The van der Waals surface area contributed by atoms with Crippen LogP contribution in [-0.4, -0.2) is 47.6 Å². The molecule has 4 N–H and O–H groups in total. The summed E-state index contributed by atoms with van der Waals surface area (Å²) >= 11 is 0. The lowest BCUT2D eigenvalue weighted by atomic mass is 10.0. The van der Waals surface area contributed by atoms with Gasteiger partial charge in [-0.2, -0.15) is 0 Å². The van der Waals surface area contributed by atoms with E-state index in [4.69, 9.17) is 5.11 Å². The van der Waals surface area contributed by atoms with Gasteiger partial charge in [-0.05, 0) is 18.3 Å². The molecule has 0 aromatic carbocycles. The van der Waals surface area contributed by atoms with Crippen molar-refractivity contribution < 1.29 is 19.5 Å². The van der Waals surface area contributed by atoms with Gasteiger partial charge in [-0.15, -0.1) is 0 Å². The van der Waals surface area contributed by atoms with E-state index < -0.39 is 30.0 Å². The summed E-state index contributed by atoms with van der Waals surface area (Å²) < 4.78 is 0. The van der Waals surface area contributed by atoms with Crippen molar-refractivity contribution in [2.45, 2.75) is 52.2 Å². The van der Waals surface area contributed by atoms with Gasteiger partial charge in [-0.25, -0.2) is 0 Å². The maximum absolute atomic E-state index is 12.1. The van der Waals surface area contributed by atoms with Crippen LogP contribution < -0.4 is 16.0 Å². The van der Waals surface area contributed by atoms with E-state index in [0.717, 1.165) is 0 Å². The van der Waals surface area contributed by atoms with Crippen LogP contribution in [0.4, 0.5) is 0 Å². The summed E-state index contributed by atoms with van der Waals surface area (Å²) in [5.74, 6) is -1.15. The monoisotopic (exact) mass is 299 g/mol. The lowest BCUT2D eigenvalue weighted by Gasteiger charge is -2.20. The largest absolute Gasteiger partial charge is 0.480 e. The highest BCUT2D eigenvalue weighted by atomic mass is 16.4. The molecule has 0 saturated carbocycles. The van der Waals surface area contributed by atoms with Gasteiger partial charge in [-0.1, -0.05) is 27.7 Å². The first kappa shape index (κ1) is 17.4. The summed E-state index contributed by atoms with van der Waals surface area (Å²) in [6.07, 6.45) is 0.514. The molecule has 0 bridgehead atoms. The first-order valence-electron chi connectivity index (χ1n) is 7.29. The zero-order valence-corrected chi connectivity index (χ0v) is 13.0. The van der Waals surface area contributed by atoms with E-state index in [1.165, 1.54) is 0 Å². The van der Waals surface area contributed by atoms with Gasteiger partial charge >= 0.3 is 5.97 Å². The topological polar surface area (TPSA) is 117 Å². The van der Waals surface area contributed by atoms with E-state index in [-0.39, 0.29) is 11.8 Å². The minimum absolute atomic E-state index is 0.224. The molecular formula is C14H25N3O4. The number of carboxylic acids is 1. The molecule has 1 aliphatic rings. The minimum Gasteiger partial charge on any atom is -0.480 e. The third-order valence-electron chi connectivity index (χ3n) is 3.16. The number of amides is 2. The molecule has 1 fully saturated rings. The van der Waals surface area contributed by atoms with E-state index in [9.17, 15) is 14.4 Å². The molecular weight excluding hydrogens is 274 g/mol. The molecule has 0 aliphatic carbocycles. The van der Waals surface area contributed by atoms with E-state index in [1.807, 2.05) is 27.7 Å². The molecule has 7 nitrogen and oxygen atoms in total. The van der Waals surface area contributed by atoms with E-state index in [1.54, 1.807) is 0 Å². The summed E-state index contributed by atoms with van der Waals surface area (Å²) in [7, 11) is 0. The Kier molecular flexibility index (Phi) is 6.14. The van der Waals surface area contributed by atoms with Crippen LogP contribution in [0.25, 0.3) is 0 Å². The summed E-state index contributed by atoms with van der Waals surface area (Å²) in [5.41, 5.74) is 0. The van der Waals surface area contributed by atoms with Crippen molar-refractivity contribution in [3.8, 4) is 0 Å². The summed E-state index contributed by atoms with van der Waals surface area (Å²) in [6.45, 7) is 8.45. The third-order valence-corrected chi connectivity index (χ3v) is 3.16. The molecule has 21 heavy (non-hydrogen) atoms. The molecule has 0 unspecified atom stereocenters. The maximum atomic E-state index is 12.1. The molecule has 0 spiro atoms. The normalized spacial score (nSPS) is 22.0. The van der Waals surface area contributed by atoms with Gasteiger partial charge in [0.15, 0.2) is 0 Å². The number of hydrogen-bond donors (Lipinski definition) is 4. The predicted octanol–water partition coefficient (Wildman–Crippen LogP) is -0.285. The Morgan fingerprint density at radius 1 is 1.10 bits per heavy atom. The number of aliphatic carboxylic acids is 1. The second-order valence-corrected chi connectivity index (χ2v) is 6.29. The van der Waals surface area contributed by atoms with E-state index in [0.29, 0.717) is 18.9 Å². The molecule has 120 valence electrons. The first-order valence-corrected chi connectivity index (χ1v) is 7.29. The average molecular weight is 299 g/mol. The van der Waals surface area contributed by atoms with Crippen LogP contribution in [0.15, 0.2) is 0 Å². The predicted molar refractivity (Wildman–Crippen MR) is 77.6 cm³/mol. The smallest absolute Gasteiger partial charge is 0.322 e. The molecule has 1 saturated heterocycles. The second-order valence-electron chi connectivity index (χ2n) is 6.29. The Morgan fingerprint density at radius 3 is 2.14 bits per heavy atom. The SMILES string of the molecule is CC(C)CNC(=O)[C@H](CC(C)C)NC(=O)[C@@H]1N[C@H]1C(=O)O. The fourth-order valence-corrected chi connectivity index (χ4v) is 1.97. The number of carbonyl (C=O) groups is 3. The van der Waals surface area contributed by atoms with Crippen molar-refractivity contribution in [3.63, 3.8) is 0 Å². The maximum Gasteiger partial charge on any atom is 0.322 e. The van der Waals surface area contributed by atoms with E-state index in [2.05, 4.69) is 16.0 Å². The van der Waals surface area contributed by atoms with Crippen LogP contribution >= 0.6 is 0 Å². The molecule has 3 atom stereocenters. The second kappa shape index (κ2) is 7.40. The van der Waals surface area contributed by atoms with Crippen LogP contribution in [0.3, 0.4) is 0 Å². The van der Waals surface area contributed by atoms with Crippen LogP contribution in [0.5, 0.6) is 0 Å². The van der Waals surface area contributed by atoms with Crippen molar-refractivity contribution in [1.82, 2.24) is 16.0 Å². The fourth-order valence-electron chi connectivity index (χ4n) is 1.97. The Morgan fingerprint density at radius 2 is 1.71 bits per heavy atom. The van der Waals surface area contributed by atoms with Gasteiger partial charge in [0.2, 0.25) is 11.8 Å². The molecule has 0 aromatic heterocycles. The van der Waals surface area contributed by atoms with Crippen LogP contribution in [0.1, 0.15) is 34.1 Å². The molecule has 0 aromatic rings. The number of nitrogens with one attached hydrogen (secondary N) is 3. The standard InChI is InChI=1S/C14H25N3O4/c1-7(2)5-9(12(18)15-6-8(3)4)16-13(19)10-11(17-10)14(20)21/h7-11,17H,5-6H2,1-4H3,(H,15,18)(H,16,19)(H,20,21)/t9-,10+,11+/m0/s1. The van der Waals surface area contributed by atoms with Gasteiger partial charge in [-0.3, -0.25) is 19.7 Å². The number of hydrogen-bond acceptors (Lipinski definition) is 4. The molecule has 1 rings (SSSR count). The van der Waals surface area contributed by atoms with Crippen LogP contribution in [0.2, 0.25) is 0 Å². The lowest BCUT2D eigenvalue weighted by Crippen LogP contribution is -2.49. The van der Waals surface area contributed by atoms with Gasteiger partial charge < -0.3 is 15.7 Å². The lowest BCUT2D eigenvalue weighted by molar-refractivity contribution is -0.137. The quantitative estimate of drug-likeness (QED) is 0.460. The Balaban J connectivity index is 2.55. The van der Waals surface area contributed by atoms with Crippen LogP contribution in [0, 0.1) is 11.8 Å². The summed E-state index contributed by atoms with van der Waals surface area (Å²) in [6, 6.07) is -2.22. The Bertz CT molecular complexity index is 409. The van der Waals surface area contributed by atoms with Crippen LogP contribution in [-0.2, 0) is 14.4 Å². The zero-order chi connectivity index (χ0) is 16.2. The highest BCUT2D eigenvalue weighted by Gasteiger charge is 2.48. The number of carbonyl (C=O) groups excluding carboxylic acids is 2. The Hall–Kier alpha value is -1.63. The van der Waals surface area contributed by atoms with Gasteiger partial charge in [0.05, 0.1) is 0 Å². The van der Waals surface area contributed by atoms with Gasteiger partial charge in [0, 0.05) is 6.54 Å². The molecule has 2 amide bonds. The molecule has 0 radical (unpaired) electrons. The highest BCUT2D eigenvalue weighted by molar-refractivity contribution is 5.97. The zero-order valence-electron chi connectivity index (χ0n) is 13.0. The van der Waals surface area contributed by atoms with Gasteiger partial charge in [0.25, 0.3) is 0 Å². The number of carboxylic acid groups (broad SMARTS) is 1. The first-order chi connectivity index (χ1) is 9.72. The molecule has 1 aliphatic heterocycles. The third kappa shape index (κ3) is 5.71. The summed E-state index contributed by atoms with van der Waals surface area (Å²) in [5, 5.41) is 16.8. The molecule has 7 heteroatoms. The molecule has 1 heterocycles. The summed E-state index contributed by atoms with van der Waals surface area (Å²) in [4.78, 5) is 34.8. The average Bonchev–Trinajstić information content (AvgIpc) is 3.14. The van der Waals surface area contributed by atoms with Gasteiger partial charge in [0.1, 0.15) is 18.1 Å². The number of rotatable bonds is 8. The van der Waals surface area contributed by atoms with E-state index >= 15 is 0 Å². The van der Waals surface area contributed by atoms with Crippen molar-refractivity contribution in [2.75, 3.05) is 6.54 Å². The van der Waals surface area contributed by atoms with Crippen molar-refractivity contribution in [1.29, 1.82) is 0 Å².